The van der Waals surface area contributed by atoms with Crippen molar-refractivity contribution in [2.45, 2.75) is 39.0 Å². The van der Waals surface area contributed by atoms with Gasteiger partial charge in [0.1, 0.15) is 17.6 Å². The summed E-state index contributed by atoms with van der Waals surface area (Å²) in [6.07, 6.45) is 5.32. The van der Waals surface area contributed by atoms with E-state index in [0.717, 1.165) is 19.3 Å². The third-order valence-corrected chi connectivity index (χ3v) is 2.17. The van der Waals surface area contributed by atoms with Gasteiger partial charge in [-0.05, 0) is 6.42 Å². The van der Waals surface area contributed by atoms with E-state index in [-0.39, 0.29) is 11.4 Å². The highest BCUT2D eigenvalue weighted by Gasteiger charge is 2.13. The molecule has 1 heterocycles. The lowest BCUT2D eigenvalue weighted by molar-refractivity contribution is 0.682. The first kappa shape index (κ1) is 11.4. The summed E-state index contributed by atoms with van der Waals surface area (Å²) in [6, 6.07) is 1.87. The van der Waals surface area contributed by atoms with Crippen LogP contribution >= 0.6 is 0 Å². The van der Waals surface area contributed by atoms with Crippen LogP contribution in [0.1, 0.15) is 39.0 Å². The lowest BCUT2D eigenvalue weighted by Gasteiger charge is -1.96. The van der Waals surface area contributed by atoms with Gasteiger partial charge in [0.15, 0.2) is 5.71 Å². The van der Waals surface area contributed by atoms with E-state index in [0.29, 0.717) is 5.84 Å². The number of allylic oxidation sites excluding steroid dienone is 1. The first-order chi connectivity index (χ1) is 7.31. The normalized spacial score (nSPS) is 14.3. The van der Waals surface area contributed by atoms with E-state index < -0.39 is 0 Å². The van der Waals surface area contributed by atoms with Gasteiger partial charge in [0.05, 0.1) is 0 Å². The Hall–Kier alpha value is -1.72. The number of hydrogen-bond acceptors (Lipinski definition) is 3. The van der Waals surface area contributed by atoms with Gasteiger partial charge in [-0.3, -0.25) is 0 Å². The van der Waals surface area contributed by atoms with E-state index in [1.54, 1.807) is 0 Å². The molecule has 0 amide bonds. The lowest BCUT2D eigenvalue weighted by atomic mass is 10.1. The average Bonchev–Trinajstić information content (AvgIpc) is 2.67. The molecule has 0 saturated heterocycles. The van der Waals surface area contributed by atoms with Crippen LogP contribution in [0.15, 0.2) is 15.7 Å². The highest BCUT2D eigenvalue weighted by Crippen LogP contribution is 2.12. The molecule has 0 N–H and O–H groups in total. The minimum Gasteiger partial charge on any atom is -0.761 e. The van der Waals surface area contributed by atoms with E-state index in [9.17, 15) is 0 Å². The molecule has 0 aliphatic carbocycles. The number of hydrogen-bond donors (Lipinski definition) is 0. The van der Waals surface area contributed by atoms with Crippen LogP contribution in [0.25, 0.3) is 5.41 Å². The Morgan fingerprint density at radius 3 is 2.60 bits per heavy atom. The van der Waals surface area contributed by atoms with E-state index in [1.165, 1.54) is 12.8 Å². The maximum absolute atomic E-state index is 8.67. The van der Waals surface area contributed by atoms with Gasteiger partial charge in [-0.15, -0.1) is 0 Å². The maximum Gasteiger partial charge on any atom is 0.174 e. The molecule has 15 heavy (non-hydrogen) atoms. The molecule has 78 valence electrons. The van der Waals surface area contributed by atoms with Gasteiger partial charge >= 0.3 is 0 Å². The molecule has 1 aliphatic heterocycles. The summed E-state index contributed by atoms with van der Waals surface area (Å²) in [7, 11) is 0. The Balaban J connectivity index is 2.49. The highest BCUT2D eigenvalue weighted by molar-refractivity contribution is 6.24. The summed E-state index contributed by atoms with van der Waals surface area (Å²) < 4.78 is 0. The fourth-order valence-electron chi connectivity index (χ4n) is 1.37. The van der Waals surface area contributed by atoms with Gasteiger partial charge < -0.3 is 5.41 Å². The smallest absolute Gasteiger partial charge is 0.174 e. The number of unbranched alkanes of at least 4 members (excludes halogenated alkanes) is 3. The zero-order chi connectivity index (χ0) is 11.1. The number of nitrogens with zero attached hydrogens (tertiary/aromatic N) is 4. The summed E-state index contributed by atoms with van der Waals surface area (Å²) in [5.41, 5.74) is 0.311. The second-order valence-electron chi connectivity index (χ2n) is 3.37. The molecule has 0 aromatic carbocycles. The van der Waals surface area contributed by atoms with Crippen molar-refractivity contribution in [3.05, 3.63) is 11.1 Å². The second kappa shape index (κ2) is 5.90. The minimum atomic E-state index is 0.156. The van der Waals surface area contributed by atoms with Crippen LogP contribution in [0.5, 0.6) is 0 Å². The maximum atomic E-state index is 8.67. The van der Waals surface area contributed by atoms with Crippen LogP contribution in [-0.4, -0.2) is 17.4 Å². The molecule has 0 unspecified atom stereocenters. The van der Waals surface area contributed by atoms with Crippen LogP contribution in [0.4, 0.5) is 0 Å². The second-order valence-corrected chi connectivity index (χ2v) is 3.37. The topological polar surface area (TPSA) is 70.8 Å². The largest absolute Gasteiger partial charge is 0.761 e. The molecule has 0 spiro atoms. The van der Waals surface area contributed by atoms with Crippen LogP contribution < -0.4 is 0 Å². The molecule has 0 aromatic heterocycles. The Morgan fingerprint density at radius 1 is 1.27 bits per heavy atom. The number of nitriles is 1. The lowest BCUT2D eigenvalue weighted by Crippen LogP contribution is -1.93. The summed E-state index contributed by atoms with van der Waals surface area (Å²) in [4.78, 5) is 8.00. The van der Waals surface area contributed by atoms with Crippen LogP contribution in [0, 0.1) is 11.3 Å². The van der Waals surface area contributed by atoms with Gasteiger partial charge in [0, 0.05) is 6.42 Å². The van der Waals surface area contributed by atoms with Crippen LogP contribution in [-0.2, 0) is 0 Å². The van der Waals surface area contributed by atoms with Crippen molar-refractivity contribution in [1.82, 2.24) is 0 Å². The fourth-order valence-corrected chi connectivity index (χ4v) is 1.37. The summed E-state index contributed by atoms with van der Waals surface area (Å²) >= 11 is 0. The average molecular weight is 201 g/mol. The van der Waals surface area contributed by atoms with Crippen molar-refractivity contribution in [2.75, 3.05) is 0 Å². The van der Waals surface area contributed by atoms with Crippen molar-refractivity contribution in [3.8, 4) is 6.07 Å². The molecule has 0 atom stereocenters. The molecule has 4 heteroatoms. The van der Waals surface area contributed by atoms with Gasteiger partial charge in [0.2, 0.25) is 0 Å². The van der Waals surface area contributed by atoms with Crippen LogP contribution in [0.3, 0.4) is 0 Å². The van der Waals surface area contributed by atoms with E-state index in [1.807, 2.05) is 11.9 Å². The van der Waals surface area contributed by atoms with Crippen molar-refractivity contribution in [3.63, 3.8) is 0 Å². The third kappa shape index (κ3) is 3.16. The SMILES string of the molecule is CCCCCCC1=NC(=C=[N-])C(C#N)=N1. The van der Waals surface area contributed by atoms with Gasteiger partial charge in [0.25, 0.3) is 0 Å². The molecule has 4 nitrogen and oxygen atoms in total. The molecule has 0 fully saturated rings. The predicted molar refractivity (Wildman–Crippen MR) is 61.1 cm³/mol. The van der Waals surface area contributed by atoms with Crippen molar-refractivity contribution in [1.29, 1.82) is 5.26 Å². The van der Waals surface area contributed by atoms with Gasteiger partial charge in [-0.1, -0.05) is 26.2 Å². The van der Waals surface area contributed by atoms with Gasteiger partial charge in [-0.2, -0.15) is 5.26 Å². The summed E-state index contributed by atoms with van der Waals surface area (Å²) in [5, 5.41) is 17.3. The van der Waals surface area contributed by atoms with Crippen molar-refractivity contribution < 1.29 is 0 Å². The monoisotopic (exact) mass is 201 g/mol. The zero-order valence-corrected chi connectivity index (χ0v) is 8.82. The highest BCUT2D eigenvalue weighted by atomic mass is 15.0. The van der Waals surface area contributed by atoms with Gasteiger partial charge in [-0.25, -0.2) is 15.9 Å². The van der Waals surface area contributed by atoms with E-state index >= 15 is 0 Å². The molecule has 0 aromatic rings. The molecular formula is C11H13N4-. The third-order valence-electron chi connectivity index (χ3n) is 2.17. The van der Waals surface area contributed by atoms with Crippen molar-refractivity contribution >= 4 is 17.4 Å². The molecule has 0 radical (unpaired) electrons. The number of amidine groups is 1. The molecule has 0 bridgehead atoms. The van der Waals surface area contributed by atoms with E-state index in [4.69, 9.17) is 10.7 Å². The number of rotatable bonds is 5. The number of aliphatic imine (C=N–C) groups is 2. The van der Waals surface area contributed by atoms with Crippen LogP contribution in [0.2, 0.25) is 0 Å². The quantitative estimate of drug-likeness (QED) is 0.497. The fraction of sp³-hybridized carbons (Fsp3) is 0.545. The summed E-state index contributed by atoms with van der Waals surface area (Å²) in [5.74, 6) is 2.50. The predicted octanol–water partition coefficient (Wildman–Crippen LogP) is 2.46. The molecular weight excluding hydrogens is 188 g/mol. The Kier molecular flexibility index (Phi) is 4.46. The standard InChI is InChI=1S/C11H13N4/c1-2-3-4-5-6-11-14-9(7-12)10(8-13)15-11/h2-6H2,1H3/q-1. The first-order valence-electron chi connectivity index (χ1n) is 5.15. The first-order valence-corrected chi connectivity index (χ1v) is 5.15. The summed E-state index contributed by atoms with van der Waals surface area (Å²) in [6.45, 7) is 2.15. The molecule has 0 saturated carbocycles. The van der Waals surface area contributed by atoms with Crippen molar-refractivity contribution in [2.24, 2.45) is 9.98 Å². The Morgan fingerprint density at radius 2 is 2.07 bits per heavy atom. The Bertz CT molecular complexity index is 378. The minimum absolute atomic E-state index is 0.156. The molecule has 1 aliphatic rings. The van der Waals surface area contributed by atoms with E-state index in [2.05, 4.69) is 16.9 Å². The molecule has 1 rings (SSSR count). The zero-order valence-electron chi connectivity index (χ0n) is 8.82. The Labute approximate surface area is 89.6 Å².